The zero-order chi connectivity index (χ0) is 33.2. The highest BCUT2D eigenvalue weighted by molar-refractivity contribution is 6.19. The molecule has 0 amide bonds. The number of imidazole rings is 1. The molecule has 0 saturated carbocycles. The van der Waals surface area contributed by atoms with Gasteiger partial charge in [-0.25, -0.2) is 9.97 Å². The van der Waals surface area contributed by atoms with Crippen LogP contribution in [0.4, 0.5) is 0 Å². The van der Waals surface area contributed by atoms with Crippen LogP contribution in [0, 0.1) is 0 Å². The van der Waals surface area contributed by atoms with E-state index in [-0.39, 0.29) is 0 Å². The minimum absolute atomic E-state index is 0.459. The molecule has 3 heteroatoms. The van der Waals surface area contributed by atoms with E-state index in [9.17, 15) is 0 Å². The summed E-state index contributed by atoms with van der Waals surface area (Å²) in [7, 11) is 0. The molecule has 3 nitrogen and oxygen atoms in total. The normalized spacial score (nSPS) is 13.1. The third-order valence-electron chi connectivity index (χ3n) is 10.7. The third-order valence-corrected chi connectivity index (χ3v) is 10.7. The SMILES string of the molecule is CCn1c(-c2ccc(-c3nc4ccccc4c4c5c(ccc34)C(c3ccccc3)(c3ccccc3)c3ccccc3-5)cc2)nc2ccccc21. The van der Waals surface area contributed by atoms with Crippen molar-refractivity contribution in [3.63, 3.8) is 0 Å². The van der Waals surface area contributed by atoms with Gasteiger partial charge >= 0.3 is 0 Å². The summed E-state index contributed by atoms with van der Waals surface area (Å²) in [5.74, 6) is 0.990. The zero-order valence-electron chi connectivity index (χ0n) is 27.7. The summed E-state index contributed by atoms with van der Waals surface area (Å²) in [6.45, 7) is 3.03. The molecule has 1 aliphatic carbocycles. The van der Waals surface area contributed by atoms with Crippen molar-refractivity contribution < 1.29 is 0 Å². The number of hydrogen-bond donors (Lipinski definition) is 0. The molecule has 0 bridgehead atoms. The lowest BCUT2D eigenvalue weighted by molar-refractivity contribution is 0.769. The number of rotatable bonds is 5. The van der Waals surface area contributed by atoms with Gasteiger partial charge in [-0.3, -0.25) is 0 Å². The van der Waals surface area contributed by atoms with E-state index in [0.29, 0.717) is 0 Å². The second-order valence-corrected chi connectivity index (χ2v) is 13.2. The van der Waals surface area contributed by atoms with E-state index in [1.807, 2.05) is 0 Å². The molecule has 0 unspecified atom stereocenters. The van der Waals surface area contributed by atoms with Gasteiger partial charge in [-0.05, 0) is 58.5 Å². The first kappa shape index (κ1) is 28.7. The molecule has 50 heavy (non-hydrogen) atoms. The smallest absolute Gasteiger partial charge is 0.141 e. The van der Waals surface area contributed by atoms with Gasteiger partial charge in [0, 0.05) is 33.8 Å². The lowest BCUT2D eigenvalue weighted by Gasteiger charge is -2.34. The number of nitrogens with zero attached hydrogens (tertiary/aromatic N) is 3. The Balaban J connectivity index is 1.25. The van der Waals surface area contributed by atoms with Crippen LogP contribution in [0.25, 0.3) is 66.5 Å². The number of fused-ring (bicyclic) bond motifs is 8. The molecule has 7 aromatic carbocycles. The van der Waals surface area contributed by atoms with Crippen molar-refractivity contribution in [3.05, 3.63) is 192 Å². The molecule has 0 N–H and O–H groups in total. The van der Waals surface area contributed by atoms with Crippen molar-refractivity contribution in [2.75, 3.05) is 0 Å². The average Bonchev–Trinajstić information content (AvgIpc) is 3.72. The molecule has 0 spiro atoms. The Bertz CT molecular complexity index is 2680. The Morgan fingerprint density at radius 2 is 1.12 bits per heavy atom. The highest BCUT2D eigenvalue weighted by atomic mass is 15.1. The Hall–Kier alpha value is -6.32. The molecule has 0 fully saturated rings. The van der Waals surface area contributed by atoms with E-state index in [1.165, 1.54) is 44.2 Å². The molecule has 0 saturated heterocycles. The van der Waals surface area contributed by atoms with Gasteiger partial charge < -0.3 is 4.57 Å². The van der Waals surface area contributed by atoms with Crippen LogP contribution in [0.5, 0.6) is 0 Å². The summed E-state index contributed by atoms with van der Waals surface area (Å²) in [6, 6.07) is 61.5. The highest BCUT2D eigenvalue weighted by Gasteiger charge is 2.46. The van der Waals surface area contributed by atoms with Crippen molar-refractivity contribution in [1.82, 2.24) is 14.5 Å². The molecule has 0 atom stereocenters. The number of pyridine rings is 1. The zero-order valence-corrected chi connectivity index (χ0v) is 27.7. The lowest BCUT2D eigenvalue weighted by atomic mass is 9.67. The number of para-hydroxylation sites is 3. The van der Waals surface area contributed by atoms with E-state index in [2.05, 4.69) is 181 Å². The molecule has 2 aromatic heterocycles. The van der Waals surface area contributed by atoms with Gasteiger partial charge in [0.1, 0.15) is 5.82 Å². The number of benzene rings is 7. The third kappa shape index (κ3) is 3.98. The summed E-state index contributed by atoms with van der Waals surface area (Å²) in [5, 5.41) is 3.58. The van der Waals surface area contributed by atoms with Gasteiger partial charge in [-0.1, -0.05) is 152 Å². The fourth-order valence-corrected chi connectivity index (χ4v) is 8.59. The summed E-state index contributed by atoms with van der Waals surface area (Å²) in [4.78, 5) is 10.4. The number of hydrogen-bond acceptors (Lipinski definition) is 2. The van der Waals surface area contributed by atoms with Crippen molar-refractivity contribution >= 4 is 32.7 Å². The molecule has 2 heterocycles. The van der Waals surface area contributed by atoms with Crippen LogP contribution in [0.1, 0.15) is 29.2 Å². The van der Waals surface area contributed by atoms with Crippen LogP contribution in [-0.2, 0) is 12.0 Å². The van der Waals surface area contributed by atoms with Gasteiger partial charge in [-0.2, -0.15) is 0 Å². The van der Waals surface area contributed by atoms with Crippen molar-refractivity contribution in [2.45, 2.75) is 18.9 Å². The Morgan fingerprint density at radius 1 is 0.500 bits per heavy atom. The van der Waals surface area contributed by atoms with Gasteiger partial charge in [0.05, 0.1) is 27.7 Å². The number of aryl methyl sites for hydroxylation is 1. The predicted molar refractivity (Wildman–Crippen MR) is 206 cm³/mol. The molecule has 236 valence electrons. The van der Waals surface area contributed by atoms with Crippen molar-refractivity contribution in [3.8, 4) is 33.8 Å². The molecule has 0 radical (unpaired) electrons. The van der Waals surface area contributed by atoms with Crippen molar-refractivity contribution in [2.24, 2.45) is 0 Å². The van der Waals surface area contributed by atoms with Gasteiger partial charge in [0.25, 0.3) is 0 Å². The standard InChI is InChI=1S/C47H33N3/c1-2-50-42-24-14-13-23-41(42)49-46(50)32-27-25-31(26-28-32)45-37-29-30-39-44(43(37)36-20-10-12-22-40(36)48-45)35-19-9-11-21-38(35)47(39,33-15-5-3-6-16-33)34-17-7-4-8-18-34/h3-30H,2H2,1H3. The van der Waals surface area contributed by atoms with Crippen LogP contribution in [0.3, 0.4) is 0 Å². The van der Waals surface area contributed by atoms with Gasteiger partial charge in [0.15, 0.2) is 0 Å². The van der Waals surface area contributed by atoms with Gasteiger partial charge in [0.2, 0.25) is 0 Å². The fourth-order valence-electron chi connectivity index (χ4n) is 8.59. The van der Waals surface area contributed by atoms with Crippen molar-refractivity contribution in [1.29, 1.82) is 0 Å². The summed E-state index contributed by atoms with van der Waals surface area (Å²) >= 11 is 0. The van der Waals surface area contributed by atoms with E-state index in [0.717, 1.165) is 51.1 Å². The van der Waals surface area contributed by atoms with Crippen LogP contribution in [-0.4, -0.2) is 14.5 Å². The maximum absolute atomic E-state index is 5.36. The van der Waals surface area contributed by atoms with E-state index < -0.39 is 5.41 Å². The second kappa shape index (κ2) is 11.1. The first-order chi connectivity index (χ1) is 24.8. The highest BCUT2D eigenvalue weighted by Crippen LogP contribution is 2.58. The fraction of sp³-hybridized carbons (Fsp3) is 0.0638. The first-order valence-corrected chi connectivity index (χ1v) is 17.4. The topological polar surface area (TPSA) is 30.7 Å². The first-order valence-electron chi connectivity index (χ1n) is 17.4. The summed E-state index contributed by atoms with van der Waals surface area (Å²) in [5.41, 5.74) is 13.6. The van der Waals surface area contributed by atoms with Crippen LogP contribution < -0.4 is 0 Å². The quantitative estimate of drug-likeness (QED) is 0.175. The average molecular weight is 640 g/mol. The van der Waals surface area contributed by atoms with Gasteiger partial charge in [-0.15, -0.1) is 0 Å². The van der Waals surface area contributed by atoms with E-state index >= 15 is 0 Å². The molecule has 1 aliphatic rings. The minimum Gasteiger partial charge on any atom is -0.324 e. The van der Waals surface area contributed by atoms with E-state index in [4.69, 9.17) is 9.97 Å². The minimum atomic E-state index is -0.459. The second-order valence-electron chi connectivity index (χ2n) is 13.2. The molecule has 10 rings (SSSR count). The monoisotopic (exact) mass is 639 g/mol. The Kier molecular flexibility index (Phi) is 6.37. The van der Waals surface area contributed by atoms with Crippen LogP contribution in [0.15, 0.2) is 170 Å². The molecule has 9 aromatic rings. The molecular formula is C47H33N3. The predicted octanol–water partition coefficient (Wildman–Crippen LogP) is 11.5. The Morgan fingerprint density at radius 3 is 1.86 bits per heavy atom. The van der Waals surface area contributed by atoms with Crippen LogP contribution >= 0.6 is 0 Å². The van der Waals surface area contributed by atoms with Crippen LogP contribution in [0.2, 0.25) is 0 Å². The lowest BCUT2D eigenvalue weighted by Crippen LogP contribution is -2.28. The maximum Gasteiger partial charge on any atom is 0.141 e. The number of aromatic nitrogens is 3. The Labute approximate surface area is 291 Å². The molecule has 0 aliphatic heterocycles. The molecular weight excluding hydrogens is 607 g/mol. The van der Waals surface area contributed by atoms with E-state index in [1.54, 1.807) is 0 Å². The summed E-state index contributed by atoms with van der Waals surface area (Å²) < 4.78 is 2.29. The largest absolute Gasteiger partial charge is 0.324 e. The maximum atomic E-state index is 5.36. The summed E-state index contributed by atoms with van der Waals surface area (Å²) in [6.07, 6.45) is 0.